The number of rotatable bonds is 2. The minimum absolute atomic E-state index is 0.498. The Morgan fingerprint density at radius 3 is 1.85 bits per heavy atom. The SMILES string of the molecule is C[C@H]1[C@H](Sc2ccccc2)C[Si]1(C(C)(C)C)C(C)(C)C. The summed E-state index contributed by atoms with van der Waals surface area (Å²) < 4.78 is 0. The highest BCUT2D eigenvalue weighted by atomic mass is 32.2. The van der Waals surface area contributed by atoms with E-state index < -0.39 is 8.07 Å². The fraction of sp³-hybridized carbons (Fsp3) is 0.667. The van der Waals surface area contributed by atoms with Crippen molar-refractivity contribution in [2.24, 2.45) is 0 Å². The summed E-state index contributed by atoms with van der Waals surface area (Å²) in [5.74, 6) is 0. The van der Waals surface area contributed by atoms with E-state index >= 15 is 0 Å². The molecule has 0 bridgehead atoms. The maximum absolute atomic E-state index is 2.53. The Kier molecular flexibility index (Phi) is 4.21. The van der Waals surface area contributed by atoms with Gasteiger partial charge in [-0.1, -0.05) is 66.7 Å². The van der Waals surface area contributed by atoms with Gasteiger partial charge in [0.25, 0.3) is 0 Å². The molecule has 2 atom stereocenters. The van der Waals surface area contributed by atoms with E-state index in [0.717, 1.165) is 10.8 Å². The molecule has 0 unspecified atom stereocenters. The Hall–Kier alpha value is -0.213. The zero-order valence-electron chi connectivity index (χ0n) is 14.2. The lowest BCUT2D eigenvalue weighted by Crippen LogP contribution is -2.65. The predicted octanol–water partition coefficient (Wildman–Crippen LogP) is 6.60. The van der Waals surface area contributed by atoms with Crippen LogP contribution in [0.15, 0.2) is 35.2 Å². The molecule has 0 aliphatic carbocycles. The third kappa shape index (κ3) is 2.50. The molecule has 0 amide bonds. The van der Waals surface area contributed by atoms with Crippen molar-refractivity contribution in [2.45, 2.75) is 80.3 Å². The molecular weight excluding hydrogens is 276 g/mol. The first kappa shape index (κ1) is 16.2. The molecule has 0 spiro atoms. The Morgan fingerprint density at radius 2 is 1.45 bits per heavy atom. The van der Waals surface area contributed by atoms with E-state index in [9.17, 15) is 0 Å². The standard InChI is InChI=1S/C18H30SSi/c1-14-16(19-15-11-9-8-10-12-15)13-20(14,17(2,3)4)18(5,6)7/h8-12,14,16H,13H2,1-7H3/t14-,16+/m0/s1. The molecule has 0 saturated carbocycles. The summed E-state index contributed by atoms with van der Waals surface area (Å²) in [6.45, 7) is 17.5. The van der Waals surface area contributed by atoms with Gasteiger partial charge in [0.15, 0.2) is 0 Å². The van der Waals surface area contributed by atoms with Crippen LogP contribution in [0.3, 0.4) is 0 Å². The molecule has 1 aromatic carbocycles. The van der Waals surface area contributed by atoms with Crippen LogP contribution in [0.5, 0.6) is 0 Å². The minimum Gasteiger partial charge on any atom is -0.123 e. The Balaban J connectivity index is 2.18. The second-order valence-corrected chi connectivity index (χ2v) is 16.0. The van der Waals surface area contributed by atoms with E-state index in [-0.39, 0.29) is 0 Å². The molecule has 20 heavy (non-hydrogen) atoms. The van der Waals surface area contributed by atoms with E-state index in [0.29, 0.717) is 10.1 Å². The first-order chi connectivity index (χ1) is 9.09. The molecule has 2 heteroatoms. The van der Waals surface area contributed by atoms with Crippen molar-refractivity contribution >= 4 is 19.8 Å². The Bertz CT molecular complexity index is 439. The lowest BCUT2D eigenvalue weighted by atomic mass is 10.2. The van der Waals surface area contributed by atoms with Crippen LogP contribution in [-0.4, -0.2) is 13.3 Å². The van der Waals surface area contributed by atoms with Gasteiger partial charge in [-0.2, -0.15) is 0 Å². The normalized spacial score (nSPS) is 26.1. The highest BCUT2D eigenvalue weighted by Gasteiger charge is 2.64. The molecule has 1 aliphatic rings. The van der Waals surface area contributed by atoms with Gasteiger partial charge in [-0.05, 0) is 33.8 Å². The molecule has 2 rings (SSSR count). The zero-order valence-corrected chi connectivity index (χ0v) is 16.0. The summed E-state index contributed by atoms with van der Waals surface area (Å²) in [5, 5.41) is 1.82. The highest BCUT2D eigenvalue weighted by molar-refractivity contribution is 8.00. The topological polar surface area (TPSA) is 0 Å². The van der Waals surface area contributed by atoms with Crippen molar-refractivity contribution in [3.05, 3.63) is 30.3 Å². The van der Waals surface area contributed by atoms with Gasteiger partial charge in [-0.25, -0.2) is 0 Å². The van der Waals surface area contributed by atoms with Gasteiger partial charge < -0.3 is 0 Å². The molecule has 112 valence electrons. The summed E-state index contributed by atoms with van der Waals surface area (Å²) in [5.41, 5.74) is 0.896. The van der Waals surface area contributed by atoms with Crippen molar-refractivity contribution in [1.82, 2.24) is 0 Å². The number of benzene rings is 1. The average molecular weight is 307 g/mol. The van der Waals surface area contributed by atoms with E-state index in [1.807, 2.05) is 0 Å². The minimum atomic E-state index is -1.29. The summed E-state index contributed by atoms with van der Waals surface area (Å²) in [7, 11) is -1.29. The average Bonchev–Trinajstić information content (AvgIpc) is 2.31. The van der Waals surface area contributed by atoms with Crippen LogP contribution in [0.25, 0.3) is 0 Å². The van der Waals surface area contributed by atoms with Crippen LogP contribution in [0.1, 0.15) is 48.5 Å². The maximum Gasteiger partial charge on any atom is 0.0694 e. The van der Waals surface area contributed by atoms with Crippen molar-refractivity contribution in [2.75, 3.05) is 0 Å². The van der Waals surface area contributed by atoms with E-state index in [1.54, 1.807) is 0 Å². The Labute approximate surface area is 130 Å². The third-order valence-corrected chi connectivity index (χ3v) is 15.9. The molecule has 1 heterocycles. The number of hydrogen-bond acceptors (Lipinski definition) is 1. The first-order valence-electron chi connectivity index (χ1n) is 7.81. The zero-order chi connectivity index (χ0) is 15.2. The van der Waals surface area contributed by atoms with Gasteiger partial charge in [-0.3, -0.25) is 0 Å². The fourth-order valence-electron chi connectivity index (χ4n) is 4.76. The largest absolute Gasteiger partial charge is 0.123 e. The number of hydrogen-bond donors (Lipinski definition) is 0. The van der Waals surface area contributed by atoms with E-state index in [2.05, 4.69) is 90.6 Å². The summed E-state index contributed by atoms with van der Waals surface area (Å²) in [6, 6.07) is 12.4. The van der Waals surface area contributed by atoms with Gasteiger partial charge in [-0.15, -0.1) is 11.8 Å². The van der Waals surface area contributed by atoms with Crippen LogP contribution in [-0.2, 0) is 0 Å². The van der Waals surface area contributed by atoms with Gasteiger partial charge in [0.05, 0.1) is 8.07 Å². The van der Waals surface area contributed by atoms with Gasteiger partial charge in [0, 0.05) is 10.1 Å². The van der Waals surface area contributed by atoms with E-state index in [1.165, 1.54) is 10.9 Å². The van der Waals surface area contributed by atoms with Crippen LogP contribution < -0.4 is 0 Å². The molecule has 1 aromatic rings. The second kappa shape index (κ2) is 5.21. The van der Waals surface area contributed by atoms with Crippen molar-refractivity contribution in [3.8, 4) is 0 Å². The van der Waals surface area contributed by atoms with Crippen molar-refractivity contribution in [1.29, 1.82) is 0 Å². The molecular formula is C18H30SSi. The molecule has 0 nitrogen and oxygen atoms in total. The lowest BCUT2D eigenvalue weighted by Gasteiger charge is -2.65. The van der Waals surface area contributed by atoms with E-state index in [4.69, 9.17) is 0 Å². The van der Waals surface area contributed by atoms with Gasteiger partial charge in [0.2, 0.25) is 0 Å². The molecule has 1 fully saturated rings. The van der Waals surface area contributed by atoms with Gasteiger partial charge in [0.1, 0.15) is 0 Å². The van der Waals surface area contributed by atoms with Gasteiger partial charge >= 0.3 is 0 Å². The van der Waals surface area contributed by atoms with Crippen molar-refractivity contribution < 1.29 is 0 Å². The Morgan fingerprint density at radius 1 is 0.950 bits per heavy atom. The molecule has 0 aromatic heterocycles. The molecule has 1 aliphatic heterocycles. The summed E-state index contributed by atoms with van der Waals surface area (Å²) >= 11 is 2.11. The maximum atomic E-state index is 2.53. The smallest absolute Gasteiger partial charge is 0.0694 e. The van der Waals surface area contributed by atoms with Crippen LogP contribution >= 0.6 is 11.8 Å². The second-order valence-electron chi connectivity index (χ2n) is 8.43. The summed E-state index contributed by atoms with van der Waals surface area (Å²) in [4.78, 5) is 1.44. The molecule has 0 radical (unpaired) electrons. The quantitative estimate of drug-likeness (QED) is 0.555. The third-order valence-electron chi connectivity index (χ3n) is 5.57. The monoisotopic (exact) mass is 306 g/mol. The highest BCUT2D eigenvalue weighted by Crippen LogP contribution is 2.69. The van der Waals surface area contributed by atoms with Crippen LogP contribution in [0, 0.1) is 0 Å². The van der Waals surface area contributed by atoms with Crippen LogP contribution in [0.2, 0.25) is 21.7 Å². The summed E-state index contributed by atoms with van der Waals surface area (Å²) in [6.07, 6.45) is 0. The first-order valence-corrected chi connectivity index (χ1v) is 11.0. The number of thioether (sulfide) groups is 1. The fourth-order valence-corrected chi connectivity index (χ4v) is 15.5. The lowest BCUT2D eigenvalue weighted by molar-refractivity contribution is 0.523. The van der Waals surface area contributed by atoms with Crippen molar-refractivity contribution in [3.63, 3.8) is 0 Å². The molecule has 1 saturated heterocycles. The predicted molar refractivity (Wildman–Crippen MR) is 95.5 cm³/mol. The molecule has 0 N–H and O–H groups in total. The van der Waals surface area contributed by atoms with Crippen LogP contribution in [0.4, 0.5) is 0 Å².